The first kappa shape index (κ1) is 22.4. The number of carbonyl (C=O) groups excluding carboxylic acids is 5. The summed E-state index contributed by atoms with van der Waals surface area (Å²) in [6.45, 7) is 5.13. The molecule has 0 spiro atoms. The van der Waals surface area contributed by atoms with E-state index in [9.17, 15) is 24.0 Å². The van der Waals surface area contributed by atoms with E-state index in [4.69, 9.17) is 28.4 Å². The molecule has 11 heteroatoms. The molecule has 1 aliphatic heterocycles. The molecule has 27 heavy (non-hydrogen) atoms. The molecule has 0 amide bonds. The molecule has 0 aromatic carbocycles. The molecule has 5 atom stereocenters. The van der Waals surface area contributed by atoms with Gasteiger partial charge < -0.3 is 28.4 Å². The Morgan fingerprint density at radius 2 is 1.07 bits per heavy atom. The highest BCUT2D eigenvalue weighted by Gasteiger charge is 2.53. The zero-order valence-electron chi connectivity index (χ0n) is 15.6. The van der Waals surface area contributed by atoms with Crippen molar-refractivity contribution in [1.82, 2.24) is 0 Å². The molecular formula is C16H22O11. The van der Waals surface area contributed by atoms with Gasteiger partial charge in [0.1, 0.15) is 12.7 Å². The van der Waals surface area contributed by atoms with Gasteiger partial charge in [-0.05, 0) is 0 Å². The van der Waals surface area contributed by atoms with Crippen LogP contribution in [0.2, 0.25) is 0 Å². The van der Waals surface area contributed by atoms with E-state index in [0.717, 1.165) is 34.6 Å². The zero-order valence-corrected chi connectivity index (χ0v) is 15.6. The van der Waals surface area contributed by atoms with Crippen LogP contribution in [-0.4, -0.2) is 67.2 Å². The van der Waals surface area contributed by atoms with Crippen molar-refractivity contribution in [3.8, 4) is 0 Å². The first-order valence-corrected chi connectivity index (χ1v) is 7.99. The quantitative estimate of drug-likeness (QED) is 0.433. The van der Waals surface area contributed by atoms with Crippen LogP contribution < -0.4 is 0 Å². The minimum absolute atomic E-state index is 0.393. The molecule has 0 saturated carbocycles. The van der Waals surface area contributed by atoms with Crippen molar-refractivity contribution in [2.24, 2.45) is 0 Å². The van der Waals surface area contributed by atoms with Crippen LogP contribution in [0.3, 0.4) is 0 Å². The van der Waals surface area contributed by atoms with Crippen molar-refractivity contribution in [2.75, 3.05) is 6.61 Å². The van der Waals surface area contributed by atoms with Crippen LogP contribution in [0.5, 0.6) is 0 Å². The molecule has 0 unspecified atom stereocenters. The highest BCUT2D eigenvalue weighted by molar-refractivity contribution is 5.69. The van der Waals surface area contributed by atoms with Crippen LogP contribution in [0.25, 0.3) is 0 Å². The molecule has 0 aromatic rings. The lowest BCUT2D eigenvalue weighted by molar-refractivity contribution is -0.300. The van der Waals surface area contributed by atoms with Crippen molar-refractivity contribution in [3.63, 3.8) is 0 Å². The highest BCUT2D eigenvalue weighted by atomic mass is 16.7. The van der Waals surface area contributed by atoms with Gasteiger partial charge in [0.05, 0.1) is 0 Å². The van der Waals surface area contributed by atoms with E-state index in [1.807, 2.05) is 0 Å². The van der Waals surface area contributed by atoms with Gasteiger partial charge in [0, 0.05) is 34.6 Å². The minimum Gasteiger partial charge on any atom is -0.463 e. The fraction of sp³-hybridized carbons (Fsp3) is 0.688. The Labute approximate surface area is 155 Å². The summed E-state index contributed by atoms with van der Waals surface area (Å²) in [6, 6.07) is 0. The molecule has 0 radical (unpaired) electrons. The fourth-order valence-corrected chi connectivity index (χ4v) is 2.45. The van der Waals surface area contributed by atoms with E-state index in [2.05, 4.69) is 0 Å². The van der Waals surface area contributed by atoms with Crippen LogP contribution in [0.15, 0.2) is 0 Å². The van der Waals surface area contributed by atoms with Gasteiger partial charge in [-0.25, -0.2) is 0 Å². The van der Waals surface area contributed by atoms with E-state index < -0.39 is 67.2 Å². The van der Waals surface area contributed by atoms with Crippen LogP contribution in [0, 0.1) is 0 Å². The van der Waals surface area contributed by atoms with Gasteiger partial charge in [-0.2, -0.15) is 0 Å². The third-order valence-corrected chi connectivity index (χ3v) is 3.23. The molecule has 1 rings (SSSR count). The third-order valence-electron chi connectivity index (χ3n) is 3.23. The Morgan fingerprint density at radius 3 is 1.52 bits per heavy atom. The Hall–Kier alpha value is -2.69. The molecule has 0 aliphatic carbocycles. The van der Waals surface area contributed by atoms with E-state index in [0.29, 0.717) is 0 Å². The summed E-state index contributed by atoms with van der Waals surface area (Å²) in [5, 5.41) is 0. The first-order chi connectivity index (χ1) is 12.5. The monoisotopic (exact) mass is 390 g/mol. The van der Waals surface area contributed by atoms with Gasteiger partial charge in [-0.1, -0.05) is 0 Å². The highest BCUT2D eigenvalue weighted by Crippen LogP contribution is 2.29. The number of ether oxygens (including phenoxy) is 6. The maximum absolute atomic E-state index is 11.5. The van der Waals surface area contributed by atoms with E-state index in [1.54, 1.807) is 0 Å². The molecule has 0 bridgehead atoms. The second kappa shape index (κ2) is 9.86. The molecule has 0 N–H and O–H groups in total. The standard InChI is InChI=1S/C16H22O11/c1-7(17)22-6-12-13(23-8(2)18)14(24-9(3)19)15(25-10(4)20)16(27-12)26-11(5)21/h12-16H,6H2,1-5H3/t12-,13+,14+,15+,16-/m1/s1. The SMILES string of the molecule is CC(=O)OC[C@H]1O[C@@H](OC(C)=O)[C@@H](OC(C)=O)[C@@H](OC(C)=O)[C@H]1OC(C)=O. The fourth-order valence-electron chi connectivity index (χ4n) is 2.45. The normalized spacial score (nSPS) is 27.1. The summed E-state index contributed by atoms with van der Waals surface area (Å²) in [7, 11) is 0. The topological polar surface area (TPSA) is 141 Å². The third kappa shape index (κ3) is 7.21. The van der Waals surface area contributed by atoms with Crippen molar-refractivity contribution in [2.45, 2.75) is 65.3 Å². The molecule has 1 fully saturated rings. The van der Waals surface area contributed by atoms with Gasteiger partial charge in [0.15, 0.2) is 12.2 Å². The van der Waals surface area contributed by atoms with Gasteiger partial charge in [-0.3, -0.25) is 24.0 Å². The van der Waals surface area contributed by atoms with Crippen molar-refractivity contribution in [1.29, 1.82) is 0 Å². The van der Waals surface area contributed by atoms with Gasteiger partial charge in [-0.15, -0.1) is 0 Å². The predicted molar refractivity (Wildman–Crippen MR) is 83.7 cm³/mol. The van der Waals surface area contributed by atoms with Gasteiger partial charge in [0.2, 0.25) is 12.4 Å². The number of esters is 5. The van der Waals surface area contributed by atoms with E-state index in [-0.39, 0.29) is 0 Å². The molecule has 0 aromatic heterocycles. The second-order valence-corrected chi connectivity index (χ2v) is 5.68. The van der Waals surface area contributed by atoms with Crippen molar-refractivity contribution in [3.05, 3.63) is 0 Å². The predicted octanol–water partition coefficient (Wildman–Crippen LogP) is -0.367. The average molecular weight is 390 g/mol. The first-order valence-electron chi connectivity index (χ1n) is 7.99. The molecule has 1 saturated heterocycles. The van der Waals surface area contributed by atoms with Gasteiger partial charge >= 0.3 is 29.8 Å². The summed E-state index contributed by atoms with van der Waals surface area (Å²) in [5.41, 5.74) is 0. The summed E-state index contributed by atoms with van der Waals surface area (Å²) in [6.07, 6.45) is -6.70. The van der Waals surface area contributed by atoms with Crippen LogP contribution in [0.1, 0.15) is 34.6 Å². The van der Waals surface area contributed by atoms with Crippen molar-refractivity contribution < 1.29 is 52.4 Å². The second-order valence-electron chi connectivity index (χ2n) is 5.68. The Balaban J connectivity index is 3.29. The Bertz CT molecular complexity index is 599. The van der Waals surface area contributed by atoms with Crippen molar-refractivity contribution >= 4 is 29.8 Å². The van der Waals surface area contributed by atoms with E-state index in [1.165, 1.54) is 0 Å². The molecular weight excluding hydrogens is 368 g/mol. The molecule has 1 aliphatic rings. The zero-order chi connectivity index (χ0) is 20.7. The lowest BCUT2D eigenvalue weighted by atomic mass is 9.98. The summed E-state index contributed by atoms with van der Waals surface area (Å²) in [5.74, 6) is -3.71. The molecule has 1 heterocycles. The summed E-state index contributed by atoms with van der Waals surface area (Å²) in [4.78, 5) is 57.0. The number of carbonyl (C=O) groups is 5. The number of hydrogen-bond donors (Lipinski definition) is 0. The van der Waals surface area contributed by atoms with E-state index >= 15 is 0 Å². The summed E-state index contributed by atoms with van der Waals surface area (Å²) < 4.78 is 30.8. The molecule has 152 valence electrons. The van der Waals surface area contributed by atoms with Crippen LogP contribution in [-0.2, 0) is 52.4 Å². The average Bonchev–Trinajstić information content (AvgIpc) is 2.49. The number of hydrogen-bond acceptors (Lipinski definition) is 11. The maximum Gasteiger partial charge on any atom is 0.305 e. The lowest BCUT2D eigenvalue weighted by Crippen LogP contribution is -2.63. The maximum atomic E-state index is 11.5. The summed E-state index contributed by atoms with van der Waals surface area (Å²) >= 11 is 0. The largest absolute Gasteiger partial charge is 0.463 e. The Kier molecular flexibility index (Phi) is 8.16. The Morgan fingerprint density at radius 1 is 0.630 bits per heavy atom. The smallest absolute Gasteiger partial charge is 0.305 e. The van der Waals surface area contributed by atoms with Gasteiger partial charge in [0.25, 0.3) is 0 Å². The lowest BCUT2D eigenvalue weighted by Gasteiger charge is -2.43. The number of rotatable bonds is 6. The molecule has 11 nitrogen and oxygen atoms in total. The van der Waals surface area contributed by atoms with Crippen LogP contribution >= 0.6 is 0 Å². The van der Waals surface area contributed by atoms with Crippen LogP contribution in [0.4, 0.5) is 0 Å². The minimum atomic E-state index is -1.48.